The van der Waals surface area contributed by atoms with Crippen LogP contribution in [0.3, 0.4) is 0 Å². The number of aryl methyl sites for hydroxylation is 1. The number of furan rings is 1. The highest BCUT2D eigenvalue weighted by atomic mass is 32.1. The Labute approximate surface area is 195 Å². The summed E-state index contributed by atoms with van der Waals surface area (Å²) >= 11 is 5.73. The zero-order valence-electron chi connectivity index (χ0n) is 17.7. The lowest BCUT2D eigenvalue weighted by molar-refractivity contribution is -0.384. The molecule has 0 unspecified atom stereocenters. The molecule has 2 aromatic heterocycles. The number of nitrogens with one attached hydrogen (secondary N) is 1. The van der Waals surface area contributed by atoms with Crippen LogP contribution in [-0.2, 0) is 0 Å². The van der Waals surface area contributed by atoms with Crippen molar-refractivity contribution in [3.8, 4) is 11.3 Å². The molecule has 1 N–H and O–H groups in total. The Morgan fingerprint density at radius 2 is 1.79 bits per heavy atom. The number of nitro groups is 1. The number of benzene rings is 2. The van der Waals surface area contributed by atoms with Crippen LogP contribution in [-0.4, -0.2) is 15.0 Å². The number of aromatic nitrogens is 1. The molecule has 164 valence electrons. The topological polar surface area (TPSA) is 84.4 Å². The van der Waals surface area contributed by atoms with Crippen LogP contribution in [0.2, 0.25) is 0 Å². The van der Waals surface area contributed by atoms with E-state index >= 15 is 0 Å². The van der Waals surface area contributed by atoms with Crippen molar-refractivity contribution in [2.24, 2.45) is 0 Å². The molecule has 0 amide bonds. The van der Waals surface area contributed by atoms with E-state index in [1.54, 1.807) is 18.3 Å². The molecule has 7 nitrogen and oxygen atoms in total. The smallest absolute Gasteiger partial charge is 0.269 e. The van der Waals surface area contributed by atoms with E-state index in [0.29, 0.717) is 16.6 Å². The van der Waals surface area contributed by atoms with Gasteiger partial charge in [-0.25, -0.2) is 0 Å². The maximum atomic E-state index is 11.0. The number of non-ortho nitro benzene ring substituents is 1. The van der Waals surface area contributed by atoms with E-state index in [9.17, 15) is 10.1 Å². The Balaban J connectivity index is 1.56. The fourth-order valence-electron chi connectivity index (χ4n) is 4.04. The van der Waals surface area contributed by atoms with Gasteiger partial charge in [-0.3, -0.25) is 15.1 Å². The van der Waals surface area contributed by atoms with Gasteiger partial charge < -0.3 is 14.6 Å². The number of anilines is 1. The van der Waals surface area contributed by atoms with Gasteiger partial charge >= 0.3 is 0 Å². The molecule has 33 heavy (non-hydrogen) atoms. The Kier molecular flexibility index (Phi) is 5.35. The number of pyridine rings is 1. The summed E-state index contributed by atoms with van der Waals surface area (Å²) in [5, 5.41) is 15.0. The third-order valence-electron chi connectivity index (χ3n) is 5.69. The zero-order valence-corrected chi connectivity index (χ0v) is 18.5. The van der Waals surface area contributed by atoms with E-state index in [0.717, 1.165) is 22.5 Å². The van der Waals surface area contributed by atoms with Crippen LogP contribution >= 0.6 is 12.2 Å². The van der Waals surface area contributed by atoms with E-state index in [-0.39, 0.29) is 17.8 Å². The zero-order chi connectivity index (χ0) is 22.9. The fraction of sp³-hybridized carbons (Fsp3) is 0.120. The minimum atomic E-state index is -0.417. The lowest BCUT2D eigenvalue weighted by atomic mass is 10.0. The number of nitrogens with zero attached hydrogens (tertiary/aromatic N) is 3. The highest BCUT2D eigenvalue weighted by Crippen LogP contribution is 2.43. The van der Waals surface area contributed by atoms with Gasteiger partial charge in [-0.15, -0.1) is 0 Å². The van der Waals surface area contributed by atoms with Crippen molar-refractivity contribution in [3.05, 3.63) is 112 Å². The SMILES string of the molecule is Cc1ccc(N2C(=S)N[C@@H](c3ccccn3)[C@@H]2c2ccc(-c3ccc([N+](=O)[O-])cc3)o2)cc1. The number of hydrogen-bond acceptors (Lipinski definition) is 5. The molecular formula is C25H20N4O3S. The fourth-order valence-corrected chi connectivity index (χ4v) is 4.39. The average molecular weight is 457 g/mol. The second kappa shape index (κ2) is 8.48. The van der Waals surface area contributed by atoms with Crippen molar-refractivity contribution in [1.82, 2.24) is 10.3 Å². The summed E-state index contributed by atoms with van der Waals surface area (Å²) in [6.45, 7) is 2.04. The highest BCUT2D eigenvalue weighted by molar-refractivity contribution is 7.80. The summed E-state index contributed by atoms with van der Waals surface area (Å²) in [6.07, 6.45) is 1.76. The first-order chi connectivity index (χ1) is 16.0. The minimum Gasteiger partial charge on any atom is -0.459 e. The van der Waals surface area contributed by atoms with Crippen LogP contribution in [0, 0.1) is 17.0 Å². The van der Waals surface area contributed by atoms with E-state index < -0.39 is 4.92 Å². The second-order valence-electron chi connectivity index (χ2n) is 7.84. The molecule has 0 saturated carbocycles. The molecule has 0 bridgehead atoms. The van der Waals surface area contributed by atoms with Crippen LogP contribution in [0.15, 0.2) is 89.5 Å². The van der Waals surface area contributed by atoms with E-state index in [4.69, 9.17) is 16.6 Å². The van der Waals surface area contributed by atoms with Crippen LogP contribution < -0.4 is 10.2 Å². The first kappa shape index (κ1) is 20.8. The predicted octanol–water partition coefficient (Wildman–Crippen LogP) is 5.74. The molecule has 1 aliphatic heterocycles. The van der Waals surface area contributed by atoms with Gasteiger partial charge in [0.25, 0.3) is 5.69 Å². The average Bonchev–Trinajstić information content (AvgIpc) is 3.45. The molecule has 1 fully saturated rings. The molecule has 0 spiro atoms. The summed E-state index contributed by atoms with van der Waals surface area (Å²) in [4.78, 5) is 17.2. The molecule has 4 aromatic rings. The molecule has 1 saturated heterocycles. The maximum Gasteiger partial charge on any atom is 0.269 e. The molecule has 5 rings (SSSR count). The number of rotatable bonds is 5. The van der Waals surface area contributed by atoms with Crippen molar-refractivity contribution in [3.63, 3.8) is 0 Å². The molecule has 2 atom stereocenters. The number of thiocarbonyl (C=S) groups is 1. The molecule has 8 heteroatoms. The van der Waals surface area contributed by atoms with Crippen LogP contribution in [0.1, 0.15) is 29.1 Å². The van der Waals surface area contributed by atoms with Gasteiger partial charge in [0.05, 0.1) is 16.7 Å². The van der Waals surface area contributed by atoms with Crippen molar-refractivity contribution in [1.29, 1.82) is 0 Å². The Hall–Kier alpha value is -4.04. The van der Waals surface area contributed by atoms with Crippen LogP contribution in [0.4, 0.5) is 11.4 Å². The van der Waals surface area contributed by atoms with E-state index in [1.165, 1.54) is 12.1 Å². The van der Waals surface area contributed by atoms with Crippen LogP contribution in [0.25, 0.3) is 11.3 Å². The van der Waals surface area contributed by atoms with E-state index in [2.05, 4.69) is 10.3 Å². The molecule has 0 aliphatic carbocycles. The van der Waals surface area contributed by atoms with Crippen molar-refractivity contribution >= 4 is 28.7 Å². The predicted molar refractivity (Wildman–Crippen MR) is 130 cm³/mol. The van der Waals surface area contributed by atoms with Gasteiger partial charge in [-0.2, -0.15) is 0 Å². The van der Waals surface area contributed by atoms with Crippen LogP contribution in [0.5, 0.6) is 0 Å². The minimum absolute atomic E-state index is 0.0385. The molecule has 1 aliphatic rings. The maximum absolute atomic E-state index is 11.0. The third-order valence-corrected chi connectivity index (χ3v) is 6.01. The van der Waals surface area contributed by atoms with Crippen molar-refractivity contribution < 1.29 is 9.34 Å². The van der Waals surface area contributed by atoms with E-state index in [1.807, 2.05) is 66.4 Å². The number of hydrogen-bond donors (Lipinski definition) is 1. The Morgan fingerprint density at radius 1 is 1.03 bits per heavy atom. The molecule has 3 heterocycles. The van der Waals surface area contributed by atoms with Gasteiger partial charge in [0.15, 0.2) is 5.11 Å². The summed E-state index contributed by atoms with van der Waals surface area (Å²) in [7, 11) is 0. The van der Waals surface area contributed by atoms with Gasteiger partial charge in [0, 0.05) is 29.6 Å². The van der Waals surface area contributed by atoms with Crippen molar-refractivity contribution in [2.45, 2.75) is 19.0 Å². The second-order valence-corrected chi connectivity index (χ2v) is 8.22. The lowest BCUT2D eigenvalue weighted by Gasteiger charge is -2.26. The first-order valence-electron chi connectivity index (χ1n) is 10.4. The largest absolute Gasteiger partial charge is 0.459 e. The standard InChI is InChI=1S/C25H20N4O3S/c1-16-5-9-18(10-6-16)28-24(23(27-25(28)33)20-4-2-3-15-26-20)22-14-13-21(32-22)17-7-11-19(12-8-17)29(30)31/h2-15,23-24H,1H3,(H,27,33)/t23-,24-/m0/s1. The Bertz CT molecular complexity index is 1300. The van der Waals surface area contributed by atoms with Gasteiger partial charge in [-0.05, 0) is 67.7 Å². The lowest BCUT2D eigenvalue weighted by Crippen LogP contribution is -2.29. The van der Waals surface area contributed by atoms with Gasteiger partial charge in [0.2, 0.25) is 0 Å². The third kappa shape index (κ3) is 3.96. The summed E-state index contributed by atoms with van der Waals surface area (Å²) in [6, 6.07) is 23.6. The number of nitro benzene ring substituents is 1. The first-order valence-corrected chi connectivity index (χ1v) is 10.8. The Morgan fingerprint density at radius 3 is 2.45 bits per heavy atom. The summed E-state index contributed by atoms with van der Waals surface area (Å²) in [5.74, 6) is 1.34. The summed E-state index contributed by atoms with van der Waals surface area (Å²) in [5.41, 5.74) is 3.77. The molecular weight excluding hydrogens is 436 g/mol. The normalized spacial score (nSPS) is 17.7. The molecule has 0 radical (unpaired) electrons. The highest BCUT2D eigenvalue weighted by Gasteiger charge is 2.42. The van der Waals surface area contributed by atoms with Gasteiger partial charge in [0.1, 0.15) is 17.6 Å². The quantitative estimate of drug-likeness (QED) is 0.233. The monoisotopic (exact) mass is 456 g/mol. The molecule has 2 aromatic carbocycles. The summed E-state index contributed by atoms with van der Waals surface area (Å²) < 4.78 is 6.29. The van der Waals surface area contributed by atoms with Gasteiger partial charge in [-0.1, -0.05) is 23.8 Å². The van der Waals surface area contributed by atoms with Crippen molar-refractivity contribution in [2.75, 3.05) is 4.90 Å².